The van der Waals surface area contributed by atoms with Crippen molar-refractivity contribution in [3.8, 4) is 0 Å². The van der Waals surface area contributed by atoms with Crippen LogP contribution < -0.4 is 16.4 Å². The Kier molecular flexibility index (Phi) is 10.5. The third-order valence-corrected chi connectivity index (χ3v) is 7.41. The van der Waals surface area contributed by atoms with Gasteiger partial charge in [0, 0.05) is 45.6 Å². The second-order valence-electron chi connectivity index (χ2n) is 10.1. The van der Waals surface area contributed by atoms with Crippen molar-refractivity contribution in [2.45, 2.75) is 76.9 Å². The molecular weight excluding hydrogens is 442 g/mol. The van der Waals surface area contributed by atoms with E-state index in [1.165, 1.54) is 12.8 Å². The Morgan fingerprint density at radius 1 is 0.971 bits per heavy atom. The zero-order valence-corrected chi connectivity index (χ0v) is 21.4. The van der Waals surface area contributed by atoms with E-state index in [0.29, 0.717) is 32.5 Å². The first-order chi connectivity index (χ1) is 16.9. The van der Waals surface area contributed by atoms with Crippen molar-refractivity contribution in [1.29, 1.82) is 0 Å². The molecule has 35 heavy (non-hydrogen) atoms. The third kappa shape index (κ3) is 8.32. The van der Waals surface area contributed by atoms with Gasteiger partial charge in [0.2, 0.25) is 17.7 Å². The second kappa shape index (κ2) is 13.6. The van der Waals surface area contributed by atoms with E-state index in [0.717, 1.165) is 49.9 Å². The van der Waals surface area contributed by atoms with Crippen molar-refractivity contribution in [1.82, 2.24) is 20.4 Å². The van der Waals surface area contributed by atoms with E-state index in [1.807, 2.05) is 36.2 Å². The highest BCUT2D eigenvalue weighted by Gasteiger charge is 2.28. The molecule has 1 aromatic carbocycles. The lowest BCUT2D eigenvalue weighted by atomic mass is 9.92. The number of nitrogens with zero attached hydrogens (tertiary/aromatic N) is 2. The third-order valence-electron chi connectivity index (χ3n) is 7.41. The zero-order chi connectivity index (χ0) is 25.2. The quantitative estimate of drug-likeness (QED) is 0.463. The molecule has 2 fully saturated rings. The van der Waals surface area contributed by atoms with E-state index in [4.69, 9.17) is 5.73 Å². The summed E-state index contributed by atoms with van der Waals surface area (Å²) in [6, 6.07) is 6.84. The number of amides is 3. The molecule has 1 aromatic rings. The van der Waals surface area contributed by atoms with Gasteiger partial charge >= 0.3 is 0 Å². The number of likely N-dealkylation sites (N-methyl/N-ethyl adjacent to an activating group) is 1. The van der Waals surface area contributed by atoms with Crippen LogP contribution in [0, 0.1) is 5.92 Å². The standard InChI is InChI=1S/C27H43N5O3/c1-3-24(33)30-23(27(35)32-16-14-31(2)15-17-32)18-20-10-12-21(13-11-20)19-29-26(34)25(28)22-8-6-4-5-7-9-22/h10-13,22-23,25H,3-9,14-19,28H2,1-2H3,(H,29,34)(H,30,33)/t23-,25+/m1/s1. The van der Waals surface area contributed by atoms with Gasteiger partial charge in [-0.25, -0.2) is 0 Å². The smallest absolute Gasteiger partial charge is 0.245 e. The molecule has 3 rings (SSSR count). The summed E-state index contributed by atoms with van der Waals surface area (Å²) in [7, 11) is 2.05. The van der Waals surface area contributed by atoms with Crippen molar-refractivity contribution in [3.05, 3.63) is 35.4 Å². The SMILES string of the molecule is CCC(=O)N[C@H](Cc1ccc(CNC(=O)[C@@H](N)C2CCCCCC2)cc1)C(=O)N1CCN(C)CC1. The molecule has 8 heteroatoms. The maximum Gasteiger partial charge on any atom is 0.245 e. The van der Waals surface area contributed by atoms with Gasteiger partial charge in [-0.2, -0.15) is 0 Å². The molecule has 3 amide bonds. The molecule has 1 saturated carbocycles. The average molecular weight is 486 g/mol. The lowest BCUT2D eigenvalue weighted by Gasteiger charge is -2.34. The predicted molar refractivity (Wildman–Crippen MR) is 137 cm³/mol. The lowest BCUT2D eigenvalue weighted by molar-refractivity contribution is -0.137. The van der Waals surface area contributed by atoms with Gasteiger partial charge in [0.25, 0.3) is 0 Å². The minimum Gasteiger partial charge on any atom is -0.351 e. The molecule has 1 aliphatic carbocycles. The van der Waals surface area contributed by atoms with E-state index in [1.54, 1.807) is 6.92 Å². The van der Waals surface area contributed by atoms with Gasteiger partial charge in [-0.15, -0.1) is 0 Å². The molecule has 4 N–H and O–H groups in total. The summed E-state index contributed by atoms with van der Waals surface area (Å²) in [5.41, 5.74) is 8.22. The number of nitrogens with one attached hydrogen (secondary N) is 2. The van der Waals surface area contributed by atoms with Gasteiger partial charge in [0.15, 0.2) is 0 Å². The first-order valence-corrected chi connectivity index (χ1v) is 13.2. The van der Waals surface area contributed by atoms with E-state index in [-0.39, 0.29) is 23.6 Å². The van der Waals surface area contributed by atoms with Gasteiger partial charge in [-0.05, 0) is 36.9 Å². The summed E-state index contributed by atoms with van der Waals surface area (Å²) in [6.45, 7) is 5.24. The molecule has 2 atom stereocenters. The van der Waals surface area contributed by atoms with E-state index < -0.39 is 12.1 Å². The summed E-state index contributed by atoms with van der Waals surface area (Å²) < 4.78 is 0. The molecule has 194 valence electrons. The van der Waals surface area contributed by atoms with E-state index in [9.17, 15) is 14.4 Å². The van der Waals surface area contributed by atoms with Crippen molar-refractivity contribution in [3.63, 3.8) is 0 Å². The normalized spacial score (nSPS) is 19.5. The van der Waals surface area contributed by atoms with Crippen LogP contribution in [0.1, 0.15) is 63.0 Å². The van der Waals surface area contributed by atoms with E-state index >= 15 is 0 Å². The molecule has 0 radical (unpaired) electrons. The fourth-order valence-electron chi connectivity index (χ4n) is 4.96. The molecular formula is C27H43N5O3. The highest BCUT2D eigenvalue weighted by molar-refractivity contribution is 5.88. The van der Waals surface area contributed by atoms with Crippen LogP contribution >= 0.6 is 0 Å². The number of carbonyl (C=O) groups excluding carboxylic acids is 3. The minimum atomic E-state index is -0.575. The Labute approximate surface area is 210 Å². The summed E-state index contributed by atoms with van der Waals surface area (Å²) in [5.74, 6) is 0.0413. The van der Waals surface area contributed by atoms with Crippen LogP contribution in [0.25, 0.3) is 0 Å². The summed E-state index contributed by atoms with van der Waals surface area (Å²) >= 11 is 0. The van der Waals surface area contributed by atoms with Crippen LogP contribution in [0.2, 0.25) is 0 Å². The van der Waals surface area contributed by atoms with Gasteiger partial charge < -0.3 is 26.2 Å². The van der Waals surface area contributed by atoms with Gasteiger partial charge in [0.05, 0.1) is 6.04 Å². The highest BCUT2D eigenvalue weighted by Crippen LogP contribution is 2.25. The topological polar surface area (TPSA) is 108 Å². The maximum atomic E-state index is 13.2. The Bertz CT molecular complexity index is 828. The second-order valence-corrected chi connectivity index (χ2v) is 10.1. The molecule has 2 aliphatic rings. The molecule has 1 heterocycles. The number of hydrogen-bond donors (Lipinski definition) is 3. The van der Waals surface area contributed by atoms with Crippen LogP contribution in [0.4, 0.5) is 0 Å². The van der Waals surface area contributed by atoms with Gasteiger partial charge in [-0.3, -0.25) is 14.4 Å². The first kappa shape index (κ1) is 27.1. The van der Waals surface area contributed by atoms with Crippen LogP contribution in [0.15, 0.2) is 24.3 Å². The van der Waals surface area contributed by atoms with Crippen molar-refractivity contribution in [2.24, 2.45) is 11.7 Å². The first-order valence-electron chi connectivity index (χ1n) is 13.2. The lowest BCUT2D eigenvalue weighted by Crippen LogP contribution is -2.54. The number of piperazine rings is 1. The average Bonchev–Trinajstić information content (AvgIpc) is 3.17. The van der Waals surface area contributed by atoms with Gasteiger partial charge in [0.1, 0.15) is 6.04 Å². The molecule has 1 aliphatic heterocycles. The predicted octanol–water partition coefficient (Wildman–Crippen LogP) is 1.81. The van der Waals surface area contributed by atoms with Crippen LogP contribution in [0.5, 0.6) is 0 Å². The number of rotatable bonds is 9. The maximum absolute atomic E-state index is 13.2. The fraction of sp³-hybridized carbons (Fsp3) is 0.667. The van der Waals surface area contributed by atoms with Crippen molar-refractivity contribution >= 4 is 17.7 Å². The summed E-state index contributed by atoms with van der Waals surface area (Å²) in [4.78, 5) is 41.9. The number of carbonyl (C=O) groups is 3. The van der Waals surface area contributed by atoms with Crippen molar-refractivity contribution in [2.75, 3.05) is 33.2 Å². The van der Waals surface area contributed by atoms with Crippen molar-refractivity contribution < 1.29 is 14.4 Å². The Hall–Kier alpha value is -2.45. The van der Waals surface area contributed by atoms with Crippen LogP contribution in [-0.4, -0.2) is 72.8 Å². The minimum absolute atomic E-state index is 0.0243. The van der Waals surface area contributed by atoms with Crippen LogP contribution in [-0.2, 0) is 27.3 Å². The Balaban J connectivity index is 1.54. The highest BCUT2D eigenvalue weighted by atomic mass is 16.2. The largest absolute Gasteiger partial charge is 0.351 e. The molecule has 0 bridgehead atoms. The molecule has 0 unspecified atom stereocenters. The monoisotopic (exact) mass is 485 g/mol. The number of nitrogens with two attached hydrogens (primary N) is 1. The number of benzene rings is 1. The fourth-order valence-corrected chi connectivity index (χ4v) is 4.96. The number of hydrogen-bond acceptors (Lipinski definition) is 5. The van der Waals surface area contributed by atoms with Crippen LogP contribution in [0.3, 0.4) is 0 Å². The summed E-state index contributed by atoms with van der Waals surface area (Å²) in [6.07, 6.45) is 7.64. The van der Waals surface area contributed by atoms with Gasteiger partial charge in [-0.1, -0.05) is 56.9 Å². The Morgan fingerprint density at radius 3 is 2.17 bits per heavy atom. The molecule has 8 nitrogen and oxygen atoms in total. The Morgan fingerprint density at radius 2 is 1.57 bits per heavy atom. The zero-order valence-electron chi connectivity index (χ0n) is 21.4. The van der Waals surface area contributed by atoms with E-state index in [2.05, 4.69) is 15.5 Å². The molecule has 1 saturated heterocycles. The molecule has 0 spiro atoms. The molecule has 0 aromatic heterocycles. The summed E-state index contributed by atoms with van der Waals surface area (Å²) in [5, 5.41) is 5.90.